The number of rotatable bonds is 8. The zero-order valence-corrected chi connectivity index (χ0v) is 35.0. The number of nitrogens with zero attached hydrogens (tertiary/aromatic N) is 1. The highest BCUT2D eigenvalue weighted by Gasteiger charge is 2.92. The molecular formula is C41H47NO20. The van der Waals surface area contributed by atoms with Crippen LogP contribution in [0.3, 0.4) is 0 Å². The van der Waals surface area contributed by atoms with E-state index in [0.29, 0.717) is 0 Å². The molecule has 4 bridgehead atoms. The van der Waals surface area contributed by atoms with Crippen LogP contribution >= 0.6 is 0 Å². The van der Waals surface area contributed by atoms with Gasteiger partial charge in [-0.05, 0) is 51.8 Å². The van der Waals surface area contributed by atoms with Gasteiger partial charge < -0.3 is 57.3 Å². The Morgan fingerprint density at radius 3 is 2.00 bits per heavy atom. The first kappa shape index (κ1) is 45.6. The van der Waals surface area contributed by atoms with Crippen LogP contribution < -0.4 is 0 Å². The number of furan rings is 1. The maximum Gasteiger partial charge on any atom is 0.341 e. The molecule has 2 saturated carbocycles. The van der Waals surface area contributed by atoms with Crippen LogP contribution in [0.15, 0.2) is 41.3 Å². The van der Waals surface area contributed by atoms with Gasteiger partial charge in [0.15, 0.2) is 35.6 Å². The van der Waals surface area contributed by atoms with E-state index in [1.807, 2.05) is 0 Å². The van der Waals surface area contributed by atoms with Crippen molar-refractivity contribution >= 4 is 47.8 Å². The monoisotopic (exact) mass is 873 g/mol. The first-order valence-corrected chi connectivity index (χ1v) is 19.5. The average Bonchev–Trinajstić information content (AvgIpc) is 3.79. The smallest absolute Gasteiger partial charge is 0.341 e. The van der Waals surface area contributed by atoms with E-state index in [1.54, 1.807) is 0 Å². The summed E-state index contributed by atoms with van der Waals surface area (Å²) in [6.45, 7) is 6.25. The third-order valence-corrected chi connectivity index (χ3v) is 11.9. The second-order valence-corrected chi connectivity index (χ2v) is 16.4. The van der Waals surface area contributed by atoms with Crippen molar-refractivity contribution in [1.82, 2.24) is 4.98 Å². The number of esters is 8. The normalized spacial score (nSPS) is 36.3. The minimum absolute atomic E-state index is 0.0776. The summed E-state index contributed by atoms with van der Waals surface area (Å²) < 4.78 is 59.6. The Labute approximate surface area is 353 Å². The molecule has 2 aliphatic heterocycles. The van der Waals surface area contributed by atoms with Crippen molar-refractivity contribution < 1.29 is 95.6 Å². The molecule has 0 radical (unpaired) electrons. The average molecular weight is 874 g/mol. The highest BCUT2D eigenvalue weighted by atomic mass is 16.7. The van der Waals surface area contributed by atoms with Crippen LogP contribution in [0.25, 0.3) is 0 Å². The van der Waals surface area contributed by atoms with Gasteiger partial charge in [0, 0.05) is 40.8 Å². The topological polar surface area (TPSA) is 286 Å². The standard InChI is InChI=1S/C41H47NO20/c1-19(43)54-18-40-32(58-22(4)46)28(56-20(2)44)27-30(57-21(3)45)41(40)39(8,52)31(29(33(40)59-23(5)47)60-34(48)24-12-15-53-16-24)61-36(50)37(6,51)13-11-26-25(10-9-14-42-26)35(49)55-17-38(27,7)62-41/h9-10,12,14-16,27-33,51-52H,11,13,17-18H2,1-8H3. The van der Waals surface area contributed by atoms with Crippen LogP contribution in [-0.4, -0.2) is 135 Å². The van der Waals surface area contributed by atoms with Gasteiger partial charge in [0.25, 0.3) is 0 Å². The van der Waals surface area contributed by atoms with E-state index in [-0.39, 0.29) is 23.2 Å². The number of aryl methyl sites for hydroxylation is 1. The Hall–Kier alpha value is -5.93. The van der Waals surface area contributed by atoms with E-state index in [1.165, 1.54) is 31.3 Å². The predicted molar refractivity (Wildman–Crippen MR) is 199 cm³/mol. The number of cyclic esters (lactones) is 1. The third kappa shape index (κ3) is 7.54. The summed E-state index contributed by atoms with van der Waals surface area (Å²) in [5.41, 5.74) is -13.5. The van der Waals surface area contributed by atoms with Crippen molar-refractivity contribution in [3.8, 4) is 0 Å². The van der Waals surface area contributed by atoms with Gasteiger partial charge in [0.05, 0.1) is 29.0 Å². The van der Waals surface area contributed by atoms with Crippen molar-refractivity contribution in [3.05, 3.63) is 53.7 Å². The zero-order valence-electron chi connectivity index (χ0n) is 35.0. The molecule has 3 fully saturated rings. The summed E-state index contributed by atoms with van der Waals surface area (Å²) in [4.78, 5) is 113. The Balaban J connectivity index is 1.79. The minimum Gasteiger partial charge on any atom is -0.472 e. The van der Waals surface area contributed by atoms with Crippen molar-refractivity contribution in [2.24, 2.45) is 11.3 Å². The van der Waals surface area contributed by atoms with Crippen LogP contribution in [-0.2, 0) is 77.8 Å². The van der Waals surface area contributed by atoms with Crippen LogP contribution in [0.1, 0.15) is 88.2 Å². The summed E-state index contributed by atoms with van der Waals surface area (Å²) in [6.07, 6.45) is -10.1. The van der Waals surface area contributed by atoms with E-state index >= 15 is 0 Å². The fraction of sp³-hybridized carbons (Fsp3) is 0.585. The van der Waals surface area contributed by atoms with Gasteiger partial charge in [-0.15, -0.1) is 0 Å². The van der Waals surface area contributed by atoms with Crippen LogP contribution in [0, 0.1) is 11.3 Å². The quantitative estimate of drug-likeness (QED) is 0.275. The van der Waals surface area contributed by atoms with Crippen LogP contribution in [0.4, 0.5) is 0 Å². The van der Waals surface area contributed by atoms with Gasteiger partial charge in [-0.2, -0.15) is 0 Å². The summed E-state index contributed by atoms with van der Waals surface area (Å²) in [5.74, 6) is -10.7. The molecule has 62 heavy (non-hydrogen) atoms. The summed E-state index contributed by atoms with van der Waals surface area (Å²) >= 11 is 0. The molecule has 6 rings (SSSR count). The molecule has 1 spiro atoms. The second kappa shape index (κ2) is 16.4. The minimum atomic E-state index is -3.00. The molecule has 2 aromatic heterocycles. The number of carbonyl (C=O) groups excluding carboxylic acids is 8. The number of aromatic nitrogens is 1. The Morgan fingerprint density at radius 1 is 0.806 bits per heavy atom. The van der Waals surface area contributed by atoms with Gasteiger partial charge in [0.2, 0.25) is 0 Å². The second-order valence-electron chi connectivity index (χ2n) is 16.4. The lowest BCUT2D eigenvalue weighted by molar-refractivity contribution is -0.386. The SMILES string of the molecule is CC(=O)OCC12C(OC(C)=O)C(OC(C)=O)C3C(OC(C)=O)C14OC3(C)COC(=O)c1cccnc1CCC(C)(O)C(=O)OC(C(OC(=O)c1ccoc1)C2OC(C)=O)C4(C)O. The molecular weight excluding hydrogens is 826 g/mol. The molecule has 0 amide bonds. The number of carbonyl (C=O) groups is 8. The number of ether oxygens (including phenoxy) is 9. The number of aliphatic hydroxyl groups is 2. The van der Waals surface area contributed by atoms with Crippen molar-refractivity contribution in [2.75, 3.05) is 13.2 Å². The van der Waals surface area contributed by atoms with E-state index < -0.39 is 138 Å². The zero-order chi connectivity index (χ0) is 45.7. The summed E-state index contributed by atoms with van der Waals surface area (Å²) in [7, 11) is 0. The van der Waals surface area contributed by atoms with Crippen molar-refractivity contribution in [1.29, 1.82) is 0 Å². The Morgan fingerprint density at radius 2 is 1.42 bits per heavy atom. The number of hydrogen-bond donors (Lipinski definition) is 2. The first-order chi connectivity index (χ1) is 28.9. The van der Waals surface area contributed by atoms with Gasteiger partial charge in [-0.1, -0.05) is 0 Å². The van der Waals surface area contributed by atoms with E-state index in [4.69, 9.17) is 47.0 Å². The third-order valence-electron chi connectivity index (χ3n) is 11.9. The first-order valence-electron chi connectivity index (χ1n) is 19.5. The molecule has 4 aliphatic rings. The van der Waals surface area contributed by atoms with E-state index in [2.05, 4.69) is 4.98 Å². The van der Waals surface area contributed by atoms with E-state index in [9.17, 15) is 48.6 Å². The van der Waals surface area contributed by atoms with Gasteiger partial charge in [-0.3, -0.25) is 29.0 Å². The molecule has 12 unspecified atom stereocenters. The molecule has 12 atom stereocenters. The highest BCUT2D eigenvalue weighted by Crippen LogP contribution is 2.70. The van der Waals surface area contributed by atoms with E-state index in [0.717, 1.165) is 61.0 Å². The molecule has 21 heteroatoms. The molecule has 1 saturated heterocycles. The molecule has 2 N–H and O–H groups in total. The largest absolute Gasteiger partial charge is 0.472 e. The lowest BCUT2D eigenvalue weighted by Crippen LogP contribution is -2.89. The number of fused-ring (bicyclic) bond motifs is 5. The molecule has 4 heterocycles. The fourth-order valence-corrected chi connectivity index (χ4v) is 9.53. The number of pyridine rings is 1. The van der Waals surface area contributed by atoms with Gasteiger partial charge >= 0.3 is 47.8 Å². The van der Waals surface area contributed by atoms with Gasteiger partial charge in [0.1, 0.15) is 48.3 Å². The molecule has 21 nitrogen and oxygen atoms in total. The van der Waals surface area contributed by atoms with Crippen molar-refractivity contribution in [3.63, 3.8) is 0 Å². The predicted octanol–water partition coefficient (Wildman–Crippen LogP) is 0.864. The lowest BCUT2D eigenvalue weighted by atomic mass is 9.45. The molecule has 336 valence electrons. The van der Waals surface area contributed by atoms with Crippen molar-refractivity contribution in [2.45, 2.75) is 127 Å². The Kier molecular flexibility index (Phi) is 12.1. The summed E-state index contributed by atoms with van der Waals surface area (Å²) in [6, 6.07) is 3.99. The molecule has 2 aliphatic carbocycles. The van der Waals surface area contributed by atoms with Gasteiger partial charge in [-0.25, -0.2) is 14.4 Å². The highest BCUT2D eigenvalue weighted by molar-refractivity contribution is 5.91. The Bertz CT molecular complexity index is 2150. The molecule has 2 aromatic rings. The van der Waals surface area contributed by atoms with Crippen LogP contribution in [0.2, 0.25) is 0 Å². The lowest BCUT2D eigenvalue weighted by Gasteiger charge is -2.67. The maximum atomic E-state index is 14.4. The van der Waals surface area contributed by atoms with Crippen LogP contribution in [0.5, 0.6) is 0 Å². The maximum absolute atomic E-state index is 14.4. The fourth-order valence-electron chi connectivity index (χ4n) is 9.53. The molecule has 0 aromatic carbocycles. The summed E-state index contributed by atoms with van der Waals surface area (Å²) in [5, 5.41) is 25.3. The number of hydrogen-bond acceptors (Lipinski definition) is 21.